The van der Waals surface area contributed by atoms with Gasteiger partial charge in [0.1, 0.15) is 0 Å². The van der Waals surface area contributed by atoms with Crippen LogP contribution in [-0.4, -0.2) is 88.5 Å². The molecule has 0 radical (unpaired) electrons. The van der Waals surface area contributed by atoms with Crippen molar-refractivity contribution in [2.45, 2.75) is 25.0 Å². The Balaban J connectivity index is 1.60. The highest BCUT2D eigenvalue weighted by Gasteiger charge is 2.28. The molecule has 0 spiro atoms. The number of nitrogens with zero attached hydrogens (tertiary/aromatic N) is 4. The maximum Gasteiger partial charge on any atom is 0.266 e. The van der Waals surface area contributed by atoms with Gasteiger partial charge >= 0.3 is 0 Å². The van der Waals surface area contributed by atoms with E-state index in [0.717, 1.165) is 17.7 Å². The van der Waals surface area contributed by atoms with Gasteiger partial charge in [-0.15, -0.1) is 0 Å². The first-order chi connectivity index (χ1) is 16.7. The Morgan fingerprint density at radius 2 is 2.00 bits per heavy atom. The average Bonchev–Trinajstić information content (AvgIpc) is 3.26. The van der Waals surface area contributed by atoms with Crippen LogP contribution in [0.15, 0.2) is 53.5 Å². The van der Waals surface area contributed by atoms with Crippen LogP contribution in [0.25, 0.3) is 11.0 Å². The zero-order chi connectivity index (χ0) is 25.1. The number of H-pyrrole nitrogens is 1. The van der Waals surface area contributed by atoms with E-state index in [4.69, 9.17) is 0 Å². The van der Waals surface area contributed by atoms with Crippen molar-refractivity contribution in [3.05, 3.63) is 75.7 Å². The zero-order valence-corrected chi connectivity index (χ0v) is 20.3. The zero-order valence-electron chi connectivity index (χ0n) is 20.3. The molecule has 1 aliphatic heterocycles. The number of aliphatic hydroxyl groups excluding tert-OH is 1. The third kappa shape index (κ3) is 5.75. The number of aromatic amines is 1. The Morgan fingerprint density at radius 1 is 1.20 bits per heavy atom. The summed E-state index contributed by atoms with van der Waals surface area (Å²) in [5.74, 6) is -0.195. The van der Waals surface area contributed by atoms with E-state index in [9.17, 15) is 19.5 Å². The van der Waals surface area contributed by atoms with E-state index < -0.39 is 0 Å². The number of rotatable bonds is 7. The van der Waals surface area contributed by atoms with Gasteiger partial charge in [-0.3, -0.25) is 19.3 Å². The number of benzene rings is 2. The second-order valence-electron chi connectivity index (χ2n) is 9.32. The highest BCUT2D eigenvalue weighted by Crippen LogP contribution is 2.25. The molecule has 0 unspecified atom stereocenters. The fourth-order valence-electron chi connectivity index (χ4n) is 4.48. The average molecular weight is 478 g/mol. The smallest absolute Gasteiger partial charge is 0.266 e. The molecule has 2 aromatic carbocycles. The molecule has 1 fully saturated rings. The molecule has 35 heavy (non-hydrogen) atoms. The monoisotopic (exact) mass is 477 g/mol. The van der Waals surface area contributed by atoms with E-state index in [2.05, 4.69) is 14.9 Å². The molecular formula is C26H31N5O4. The first-order valence-corrected chi connectivity index (χ1v) is 11.7. The summed E-state index contributed by atoms with van der Waals surface area (Å²) >= 11 is 0. The number of hydrogen-bond donors (Lipinski definition) is 2. The van der Waals surface area contributed by atoms with Crippen LogP contribution >= 0.6 is 0 Å². The van der Waals surface area contributed by atoms with Crippen molar-refractivity contribution < 1.29 is 14.7 Å². The van der Waals surface area contributed by atoms with Crippen LogP contribution in [0.5, 0.6) is 0 Å². The van der Waals surface area contributed by atoms with Crippen LogP contribution in [0.3, 0.4) is 0 Å². The number of amides is 2. The fraction of sp³-hybridized carbons (Fsp3) is 0.385. The van der Waals surface area contributed by atoms with Gasteiger partial charge in [-0.05, 0) is 41.8 Å². The summed E-state index contributed by atoms with van der Waals surface area (Å²) in [5, 5.41) is 10.0. The predicted molar refractivity (Wildman–Crippen MR) is 133 cm³/mol. The number of aliphatic hydroxyl groups is 1. The molecule has 0 saturated carbocycles. The number of fused-ring (bicyclic) bond motifs is 1. The fourth-order valence-corrected chi connectivity index (χ4v) is 4.48. The van der Waals surface area contributed by atoms with Gasteiger partial charge in [0.15, 0.2) is 0 Å². The van der Waals surface area contributed by atoms with E-state index in [1.165, 1.54) is 11.1 Å². The molecule has 2 atom stereocenters. The standard InChI is InChI=1S/C26H31N5O4/c1-29(2)26(35)19-6-4-5-18(13-19)23(16-31-10-9-20(32)15-31)30(3)25(34)12-17-7-8-21-22(11-17)28-24(33)14-27-21/h4-8,11,13-14,20,23,32H,9-10,12,15-16H2,1-3H3,(H,28,33)/t20-,23-/m1/s1. The number of carbonyl (C=O) groups is 2. The van der Waals surface area contributed by atoms with Gasteiger partial charge in [0.05, 0.1) is 35.8 Å². The predicted octanol–water partition coefficient (Wildman–Crippen LogP) is 1.43. The van der Waals surface area contributed by atoms with Gasteiger partial charge < -0.3 is 19.9 Å². The molecule has 4 rings (SSSR count). The first kappa shape index (κ1) is 24.6. The number of carbonyl (C=O) groups excluding carboxylic acids is 2. The number of likely N-dealkylation sites (N-methyl/N-ethyl adjacent to an activating group) is 1. The van der Waals surface area contributed by atoms with Crippen molar-refractivity contribution in [2.75, 3.05) is 40.8 Å². The first-order valence-electron chi connectivity index (χ1n) is 11.7. The normalized spacial score (nSPS) is 16.9. The lowest BCUT2D eigenvalue weighted by Gasteiger charge is -2.32. The Bertz CT molecular complexity index is 1290. The Hall–Kier alpha value is -3.56. The molecule has 1 aliphatic rings. The molecule has 2 amide bonds. The van der Waals surface area contributed by atoms with Crippen molar-refractivity contribution >= 4 is 22.8 Å². The number of hydrogen-bond acceptors (Lipinski definition) is 6. The van der Waals surface area contributed by atoms with E-state index in [-0.39, 0.29) is 35.9 Å². The van der Waals surface area contributed by atoms with Crippen LogP contribution < -0.4 is 5.56 Å². The van der Waals surface area contributed by atoms with E-state index in [1.54, 1.807) is 44.2 Å². The highest BCUT2D eigenvalue weighted by atomic mass is 16.3. The summed E-state index contributed by atoms with van der Waals surface area (Å²) in [4.78, 5) is 49.8. The summed E-state index contributed by atoms with van der Waals surface area (Å²) < 4.78 is 0. The van der Waals surface area contributed by atoms with Crippen LogP contribution in [0, 0.1) is 0 Å². The summed E-state index contributed by atoms with van der Waals surface area (Å²) in [6, 6.07) is 12.5. The van der Waals surface area contributed by atoms with Crippen LogP contribution in [0.2, 0.25) is 0 Å². The van der Waals surface area contributed by atoms with E-state index in [1.807, 2.05) is 24.3 Å². The van der Waals surface area contributed by atoms with Gasteiger partial charge in [0, 0.05) is 46.3 Å². The topological polar surface area (TPSA) is 110 Å². The quantitative estimate of drug-likeness (QED) is 0.533. The lowest BCUT2D eigenvalue weighted by Crippen LogP contribution is -2.39. The molecule has 0 aliphatic carbocycles. The van der Waals surface area contributed by atoms with E-state index in [0.29, 0.717) is 36.1 Å². The Labute approximate surface area is 204 Å². The largest absolute Gasteiger partial charge is 0.392 e. The van der Waals surface area contributed by atoms with Crippen LogP contribution in [-0.2, 0) is 11.2 Å². The van der Waals surface area contributed by atoms with Gasteiger partial charge in [0.2, 0.25) is 5.91 Å². The molecule has 1 aromatic heterocycles. The van der Waals surface area contributed by atoms with Crippen LogP contribution in [0.4, 0.5) is 0 Å². The lowest BCUT2D eigenvalue weighted by atomic mass is 10.0. The minimum Gasteiger partial charge on any atom is -0.392 e. The molecular weight excluding hydrogens is 446 g/mol. The number of β-amino-alcohol motifs (C(OH)–C–C–N with tert-alkyl or cyclic N) is 1. The van der Waals surface area contributed by atoms with Gasteiger partial charge in [0.25, 0.3) is 11.5 Å². The minimum atomic E-state index is -0.369. The number of nitrogens with one attached hydrogen (secondary N) is 1. The maximum atomic E-state index is 13.4. The second-order valence-corrected chi connectivity index (χ2v) is 9.32. The summed E-state index contributed by atoms with van der Waals surface area (Å²) in [5.41, 5.74) is 3.14. The second kappa shape index (κ2) is 10.4. The number of aromatic nitrogens is 2. The molecule has 2 N–H and O–H groups in total. The summed E-state index contributed by atoms with van der Waals surface area (Å²) in [6.45, 7) is 1.86. The Kier molecular flexibility index (Phi) is 7.28. The SMILES string of the molecule is CN(C)C(=O)c1cccc([C@@H](CN2CC[C@@H](O)C2)N(C)C(=O)Cc2ccc3ncc(=O)[nH]c3c2)c1. The van der Waals surface area contributed by atoms with Gasteiger partial charge in [-0.25, -0.2) is 4.98 Å². The molecule has 184 valence electrons. The minimum absolute atomic E-state index is 0.0929. The molecule has 1 saturated heterocycles. The lowest BCUT2D eigenvalue weighted by molar-refractivity contribution is -0.131. The highest BCUT2D eigenvalue weighted by molar-refractivity contribution is 5.94. The Morgan fingerprint density at radius 3 is 2.71 bits per heavy atom. The van der Waals surface area contributed by atoms with Crippen molar-refractivity contribution in [1.29, 1.82) is 0 Å². The molecule has 9 heteroatoms. The van der Waals surface area contributed by atoms with Gasteiger partial charge in [-0.2, -0.15) is 0 Å². The summed E-state index contributed by atoms with van der Waals surface area (Å²) in [7, 11) is 5.19. The third-order valence-electron chi connectivity index (χ3n) is 6.46. The van der Waals surface area contributed by atoms with E-state index >= 15 is 0 Å². The van der Waals surface area contributed by atoms with Crippen molar-refractivity contribution in [3.63, 3.8) is 0 Å². The molecule has 9 nitrogen and oxygen atoms in total. The van der Waals surface area contributed by atoms with Crippen LogP contribution in [0.1, 0.15) is 33.9 Å². The summed E-state index contributed by atoms with van der Waals surface area (Å²) in [6.07, 6.45) is 1.72. The van der Waals surface area contributed by atoms with Crippen molar-refractivity contribution in [1.82, 2.24) is 24.7 Å². The maximum absolute atomic E-state index is 13.4. The third-order valence-corrected chi connectivity index (χ3v) is 6.46. The number of likely N-dealkylation sites (tertiary alicyclic amines) is 1. The molecule has 2 heterocycles. The molecule has 3 aromatic rings. The van der Waals surface area contributed by atoms with Crippen molar-refractivity contribution in [3.8, 4) is 0 Å². The molecule has 0 bridgehead atoms. The van der Waals surface area contributed by atoms with Crippen molar-refractivity contribution in [2.24, 2.45) is 0 Å². The van der Waals surface area contributed by atoms with Gasteiger partial charge in [-0.1, -0.05) is 18.2 Å².